The van der Waals surface area contributed by atoms with Crippen LogP contribution in [0.5, 0.6) is 0 Å². The highest BCUT2D eigenvalue weighted by Crippen LogP contribution is 2.17. The summed E-state index contributed by atoms with van der Waals surface area (Å²) in [6.45, 7) is 4.50. The molecule has 0 amide bonds. The van der Waals surface area contributed by atoms with Gasteiger partial charge in [-0.25, -0.2) is 4.79 Å². The van der Waals surface area contributed by atoms with Gasteiger partial charge in [-0.3, -0.25) is 0 Å². The molecule has 0 aliphatic heterocycles. The molecule has 0 radical (unpaired) electrons. The minimum Gasteiger partial charge on any atom is -0.450 e. The van der Waals surface area contributed by atoms with Crippen LogP contribution in [0.3, 0.4) is 0 Å². The molecule has 0 aliphatic rings. The molecule has 0 saturated heterocycles. The molecule has 0 bridgehead atoms. The van der Waals surface area contributed by atoms with E-state index in [9.17, 15) is 4.79 Å². The summed E-state index contributed by atoms with van der Waals surface area (Å²) in [5, 5.41) is 8.94. The number of rotatable bonds is 24. The molecule has 0 rings (SSSR count). The molecule has 0 aromatic heterocycles. The summed E-state index contributed by atoms with van der Waals surface area (Å²) in [6, 6.07) is 0. The van der Waals surface area contributed by atoms with Crippen molar-refractivity contribution in [3.05, 3.63) is 0 Å². The van der Waals surface area contributed by atoms with E-state index in [1.807, 2.05) is 0 Å². The first-order valence-corrected chi connectivity index (χ1v) is 13.6. The van der Waals surface area contributed by atoms with Gasteiger partial charge < -0.3 is 9.84 Å². The molecule has 0 aliphatic carbocycles. The van der Waals surface area contributed by atoms with E-state index >= 15 is 0 Å². The monoisotopic (exact) mass is 426 g/mol. The molecule has 0 spiro atoms. The van der Waals surface area contributed by atoms with E-state index in [4.69, 9.17) is 9.84 Å². The van der Waals surface area contributed by atoms with E-state index in [-0.39, 0.29) is 6.10 Å². The first-order chi connectivity index (χ1) is 14.7. The summed E-state index contributed by atoms with van der Waals surface area (Å²) in [4.78, 5) is 10.9. The minimum atomic E-state index is -1.11. The Kier molecular flexibility index (Phi) is 23.9. The molecular weight excluding hydrogens is 372 g/mol. The number of unbranched alkanes of at least 4 members (excludes halogenated alkanes) is 19. The molecule has 30 heavy (non-hydrogen) atoms. The van der Waals surface area contributed by atoms with Gasteiger partial charge in [0.2, 0.25) is 0 Å². The first-order valence-electron chi connectivity index (χ1n) is 13.6. The Morgan fingerprint density at radius 2 is 0.800 bits per heavy atom. The van der Waals surface area contributed by atoms with Crippen molar-refractivity contribution in [2.45, 2.75) is 168 Å². The van der Waals surface area contributed by atoms with Crippen LogP contribution >= 0.6 is 0 Å². The molecule has 0 aromatic rings. The second-order valence-electron chi connectivity index (χ2n) is 9.30. The lowest BCUT2D eigenvalue weighted by Gasteiger charge is -2.15. The number of ether oxygens (including phenoxy) is 1. The summed E-state index contributed by atoms with van der Waals surface area (Å²) in [6.07, 6.45) is 28.6. The zero-order valence-electron chi connectivity index (χ0n) is 20.6. The van der Waals surface area contributed by atoms with Crippen LogP contribution in [0.4, 0.5) is 4.79 Å². The normalized spacial score (nSPS) is 12.2. The minimum absolute atomic E-state index is 0.0872. The molecule has 0 saturated carbocycles. The van der Waals surface area contributed by atoms with Gasteiger partial charge in [-0.2, -0.15) is 0 Å². The van der Waals surface area contributed by atoms with Crippen molar-refractivity contribution in [2.24, 2.45) is 0 Å². The third-order valence-corrected chi connectivity index (χ3v) is 6.28. The fourth-order valence-corrected chi connectivity index (χ4v) is 4.30. The Morgan fingerprint density at radius 3 is 1.07 bits per heavy atom. The fraction of sp³-hybridized carbons (Fsp3) is 0.963. The van der Waals surface area contributed by atoms with Crippen molar-refractivity contribution in [1.29, 1.82) is 0 Å². The Labute approximate surface area is 188 Å². The third kappa shape index (κ3) is 23.5. The lowest BCUT2D eigenvalue weighted by atomic mass is 10.0. The standard InChI is InChI=1S/C27H54O3/c1-3-5-7-9-10-11-12-13-14-15-16-17-18-19-21-23-25-26(30-27(28)29)24-22-20-8-6-4-2/h26H,3-25H2,1-2H3,(H,28,29). The highest BCUT2D eigenvalue weighted by Gasteiger charge is 2.13. The Balaban J connectivity index is 3.40. The van der Waals surface area contributed by atoms with Crippen molar-refractivity contribution >= 4 is 6.16 Å². The van der Waals surface area contributed by atoms with Gasteiger partial charge in [-0.15, -0.1) is 0 Å². The molecule has 1 N–H and O–H groups in total. The van der Waals surface area contributed by atoms with E-state index in [0.29, 0.717) is 0 Å². The van der Waals surface area contributed by atoms with Crippen LogP contribution in [-0.2, 0) is 4.74 Å². The van der Waals surface area contributed by atoms with E-state index in [2.05, 4.69) is 13.8 Å². The topological polar surface area (TPSA) is 46.5 Å². The van der Waals surface area contributed by atoms with Gasteiger partial charge >= 0.3 is 6.16 Å². The van der Waals surface area contributed by atoms with Crippen LogP contribution in [-0.4, -0.2) is 17.4 Å². The van der Waals surface area contributed by atoms with Crippen LogP contribution < -0.4 is 0 Å². The number of carboxylic acid groups (broad SMARTS) is 1. The maximum Gasteiger partial charge on any atom is 0.506 e. The largest absolute Gasteiger partial charge is 0.506 e. The van der Waals surface area contributed by atoms with Crippen molar-refractivity contribution in [1.82, 2.24) is 0 Å². The molecular formula is C27H54O3. The molecule has 180 valence electrons. The second kappa shape index (κ2) is 24.5. The van der Waals surface area contributed by atoms with Crippen LogP contribution in [0.25, 0.3) is 0 Å². The van der Waals surface area contributed by atoms with Crippen LogP contribution in [0.1, 0.15) is 162 Å². The van der Waals surface area contributed by atoms with Gasteiger partial charge in [0, 0.05) is 0 Å². The van der Waals surface area contributed by atoms with Crippen LogP contribution in [0, 0.1) is 0 Å². The average molecular weight is 427 g/mol. The second-order valence-corrected chi connectivity index (χ2v) is 9.30. The molecule has 3 nitrogen and oxygen atoms in total. The molecule has 0 fully saturated rings. The van der Waals surface area contributed by atoms with Crippen molar-refractivity contribution in [3.63, 3.8) is 0 Å². The number of hydrogen-bond acceptors (Lipinski definition) is 2. The Morgan fingerprint density at radius 1 is 0.533 bits per heavy atom. The van der Waals surface area contributed by atoms with Gasteiger partial charge in [0.15, 0.2) is 0 Å². The highest BCUT2D eigenvalue weighted by molar-refractivity contribution is 5.57. The Bertz CT molecular complexity index is 343. The summed E-state index contributed by atoms with van der Waals surface area (Å²) in [5.41, 5.74) is 0. The quantitative estimate of drug-likeness (QED) is 0.123. The van der Waals surface area contributed by atoms with Gasteiger partial charge in [-0.1, -0.05) is 136 Å². The van der Waals surface area contributed by atoms with E-state index in [1.54, 1.807) is 0 Å². The lowest BCUT2D eigenvalue weighted by Crippen LogP contribution is -2.16. The number of hydrogen-bond donors (Lipinski definition) is 1. The lowest BCUT2D eigenvalue weighted by molar-refractivity contribution is 0.0422. The van der Waals surface area contributed by atoms with Gasteiger partial charge in [0.05, 0.1) is 0 Å². The molecule has 3 heteroatoms. The summed E-state index contributed by atoms with van der Waals surface area (Å²) in [7, 11) is 0. The van der Waals surface area contributed by atoms with E-state index in [0.717, 1.165) is 25.7 Å². The van der Waals surface area contributed by atoms with Gasteiger partial charge in [-0.05, 0) is 25.7 Å². The average Bonchev–Trinajstić information content (AvgIpc) is 2.72. The summed E-state index contributed by atoms with van der Waals surface area (Å²) >= 11 is 0. The van der Waals surface area contributed by atoms with E-state index < -0.39 is 6.16 Å². The Hall–Kier alpha value is -0.730. The van der Waals surface area contributed by atoms with Crippen LogP contribution in [0.2, 0.25) is 0 Å². The van der Waals surface area contributed by atoms with E-state index in [1.165, 1.54) is 122 Å². The third-order valence-electron chi connectivity index (χ3n) is 6.28. The molecule has 1 atom stereocenters. The van der Waals surface area contributed by atoms with Gasteiger partial charge in [0.1, 0.15) is 6.10 Å². The summed E-state index contributed by atoms with van der Waals surface area (Å²) in [5.74, 6) is 0. The van der Waals surface area contributed by atoms with Crippen molar-refractivity contribution < 1.29 is 14.6 Å². The smallest absolute Gasteiger partial charge is 0.450 e. The molecule has 0 heterocycles. The predicted molar refractivity (Wildman–Crippen MR) is 130 cm³/mol. The zero-order valence-corrected chi connectivity index (χ0v) is 20.6. The van der Waals surface area contributed by atoms with Crippen molar-refractivity contribution in [3.8, 4) is 0 Å². The maximum absolute atomic E-state index is 10.9. The predicted octanol–water partition coefficient (Wildman–Crippen LogP) is 10.1. The highest BCUT2D eigenvalue weighted by atomic mass is 16.7. The van der Waals surface area contributed by atoms with Gasteiger partial charge in [0.25, 0.3) is 0 Å². The molecule has 1 unspecified atom stereocenters. The summed E-state index contributed by atoms with van der Waals surface area (Å²) < 4.78 is 5.10. The number of carbonyl (C=O) groups is 1. The molecule has 0 aromatic carbocycles. The SMILES string of the molecule is CCCCCCCCCCCCCCCCCCC(CCCCCCC)OC(=O)O. The van der Waals surface area contributed by atoms with Crippen molar-refractivity contribution in [2.75, 3.05) is 0 Å². The fourth-order valence-electron chi connectivity index (χ4n) is 4.30. The van der Waals surface area contributed by atoms with Crippen LogP contribution in [0.15, 0.2) is 0 Å². The maximum atomic E-state index is 10.9. The first kappa shape index (κ1) is 29.3. The zero-order chi connectivity index (χ0) is 22.1.